The Morgan fingerprint density at radius 3 is 1.14 bits per heavy atom. The van der Waals surface area contributed by atoms with Crippen molar-refractivity contribution >= 4 is 67.0 Å². The molecule has 1 aromatic carbocycles. The van der Waals surface area contributed by atoms with E-state index in [4.69, 9.17) is 69.0 Å². The van der Waals surface area contributed by atoms with Crippen molar-refractivity contribution in [2.45, 2.75) is 181 Å². The number of H-pyrrole nitrogens is 4. The van der Waals surface area contributed by atoms with Crippen molar-refractivity contribution in [1.82, 2.24) is 135 Å². The van der Waals surface area contributed by atoms with Crippen LogP contribution in [0.2, 0.25) is 0 Å². The predicted octanol–water partition coefficient (Wildman–Crippen LogP) is 16.8. The van der Waals surface area contributed by atoms with Crippen molar-refractivity contribution in [1.29, 1.82) is 0 Å². The summed E-state index contributed by atoms with van der Waals surface area (Å²) in [6.45, 7) is 33.8. The van der Waals surface area contributed by atoms with Crippen molar-refractivity contribution in [3.63, 3.8) is 0 Å². The molecule has 0 amide bonds. The lowest BCUT2D eigenvalue weighted by Gasteiger charge is -2.34. The van der Waals surface area contributed by atoms with Crippen LogP contribution in [0.15, 0.2) is 123 Å². The largest absolute Gasteiger partial charge is 0.435 e. The molecule has 0 saturated carbocycles. The highest BCUT2D eigenvalue weighted by molar-refractivity contribution is 5.96. The Hall–Kier alpha value is -13.6. The van der Waals surface area contributed by atoms with Crippen LogP contribution in [-0.4, -0.2) is 269 Å². The number of hydrogen-bond acceptors (Lipinski definition) is 27. The number of piperidine rings is 4. The highest BCUT2D eigenvalue weighted by Gasteiger charge is 2.44. The van der Waals surface area contributed by atoms with E-state index in [9.17, 15) is 26.3 Å². The summed E-state index contributed by atoms with van der Waals surface area (Å²) in [5, 5.41) is 35.3. The van der Waals surface area contributed by atoms with Crippen molar-refractivity contribution in [3.8, 4) is 90.6 Å². The van der Waals surface area contributed by atoms with E-state index in [0.717, 1.165) is 203 Å². The molecule has 8 aliphatic heterocycles. The molecule has 0 spiro atoms. The van der Waals surface area contributed by atoms with Gasteiger partial charge in [0.25, 0.3) is 0 Å². The second kappa shape index (κ2) is 42.3. The maximum Gasteiger partial charge on any atom is 0.435 e. The van der Waals surface area contributed by atoms with E-state index in [2.05, 4.69) is 123 Å². The number of benzene rings is 1. The van der Waals surface area contributed by atoms with Gasteiger partial charge in [-0.25, -0.2) is 49.2 Å². The van der Waals surface area contributed by atoms with Gasteiger partial charge in [-0.3, -0.25) is 28.7 Å². The second-order valence-electron chi connectivity index (χ2n) is 39.3. The van der Waals surface area contributed by atoms with E-state index < -0.39 is 29.6 Å². The van der Waals surface area contributed by atoms with E-state index in [1.807, 2.05) is 113 Å². The van der Waals surface area contributed by atoms with Gasteiger partial charge in [0, 0.05) is 171 Å². The van der Waals surface area contributed by atoms with Gasteiger partial charge in [-0.2, -0.15) is 46.7 Å². The number of nitrogens with zero attached hydrogens (tertiary/aromatic N) is 23. The molecule has 4 atom stereocenters. The molecule has 147 heavy (non-hydrogen) atoms. The molecule has 0 aliphatic carbocycles. The SMILES string of the molecule is Cc1c(-c2cc(N3CCOC[C@H]3C)nc(-c3cccc4[nH]ccc34)n2)c(C(F)(F)F)nn1C1CCNCC1.Cc1c(-c2cc(N3CCOC[C@H]3C)nc(-c3cncc4[nH]ccc34)n2)c(C(F)(F)F)nn1C1CCNCC1.Cc1nn(C2CCNCC2)c(C)c1-c1cc(N2CCOC[C@H]2C)nc(-c2cncc3[nH]ccc23)n1.Cc1nn(C2CCNCC2)c(C)c1-c1nc(-c2ccnc3[nH]ccc23)nc(N2CCOC[C@H]2C)c1F. The van der Waals surface area contributed by atoms with Crippen LogP contribution in [0.1, 0.15) is 149 Å². The van der Waals surface area contributed by atoms with Gasteiger partial charge in [-0.15, -0.1) is 0 Å². The zero-order chi connectivity index (χ0) is 102. The van der Waals surface area contributed by atoms with Gasteiger partial charge in [0.15, 0.2) is 46.3 Å². The first-order valence-corrected chi connectivity index (χ1v) is 51.0. The van der Waals surface area contributed by atoms with Gasteiger partial charge in [-0.05, 0) is 209 Å². The Labute approximate surface area is 844 Å². The minimum absolute atomic E-state index is 0.00108. The average molecular weight is 2020 g/mol. The maximum absolute atomic E-state index is 16.4. The van der Waals surface area contributed by atoms with E-state index in [1.165, 1.54) is 0 Å². The molecular formula is C105H122F7N31O4. The lowest BCUT2D eigenvalue weighted by molar-refractivity contribution is -0.141. The van der Waals surface area contributed by atoms with Gasteiger partial charge in [-0.1, -0.05) is 12.1 Å². The van der Waals surface area contributed by atoms with Gasteiger partial charge in [0.05, 0.1) is 164 Å². The number of ether oxygens (including phenoxy) is 4. The first-order valence-electron chi connectivity index (χ1n) is 51.0. The van der Waals surface area contributed by atoms with Gasteiger partial charge in [0.1, 0.15) is 28.8 Å². The van der Waals surface area contributed by atoms with Crippen molar-refractivity contribution in [2.24, 2.45) is 0 Å². The van der Waals surface area contributed by atoms with Crippen LogP contribution >= 0.6 is 0 Å². The number of alkyl halides is 6. The molecule has 35 nitrogen and oxygen atoms in total. The van der Waals surface area contributed by atoms with Crippen LogP contribution in [0.5, 0.6) is 0 Å². The van der Waals surface area contributed by atoms with Gasteiger partial charge in [0.2, 0.25) is 0 Å². The third kappa shape index (κ3) is 20.1. The highest BCUT2D eigenvalue weighted by atomic mass is 19.4. The summed E-state index contributed by atoms with van der Waals surface area (Å²) < 4.78 is 133. The van der Waals surface area contributed by atoms with Gasteiger partial charge < -0.3 is 79.8 Å². The Bertz CT molecular complexity index is 7180. The van der Waals surface area contributed by atoms with Crippen LogP contribution < -0.4 is 40.9 Å². The molecule has 8 aliphatic rings. The van der Waals surface area contributed by atoms with E-state index in [-0.39, 0.29) is 58.8 Å². The summed E-state index contributed by atoms with van der Waals surface area (Å²) in [7, 11) is 0. The topological polar surface area (TPSA) is 374 Å². The first kappa shape index (κ1) is 99.4. The quantitative estimate of drug-likeness (QED) is 0.0417. The van der Waals surface area contributed by atoms with E-state index in [0.29, 0.717) is 161 Å². The minimum Gasteiger partial charge on any atom is -0.377 e. The van der Waals surface area contributed by atoms with Crippen LogP contribution in [0, 0.1) is 47.4 Å². The number of aromatic nitrogens is 23. The molecular weight excluding hydrogens is 1890 g/mol. The molecule has 16 aromatic rings. The van der Waals surface area contributed by atoms with Crippen LogP contribution in [0.4, 0.5) is 54.0 Å². The third-order valence-electron chi connectivity index (χ3n) is 29.7. The highest BCUT2D eigenvalue weighted by Crippen LogP contribution is 2.47. The lowest BCUT2D eigenvalue weighted by atomic mass is 10.0. The van der Waals surface area contributed by atoms with Crippen molar-refractivity contribution in [2.75, 3.05) is 151 Å². The summed E-state index contributed by atoms with van der Waals surface area (Å²) in [4.78, 5) is 73.4. The zero-order valence-corrected chi connectivity index (χ0v) is 84.0. The number of anilines is 4. The second-order valence-corrected chi connectivity index (χ2v) is 39.3. The number of pyridine rings is 3. The van der Waals surface area contributed by atoms with E-state index in [1.54, 1.807) is 60.1 Å². The number of hydrogen-bond donors (Lipinski definition) is 8. The fourth-order valence-corrected chi connectivity index (χ4v) is 22.1. The van der Waals surface area contributed by atoms with Crippen LogP contribution in [0.25, 0.3) is 134 Å². The van der Waals surface area contributed by atoms with Crippen LogP contribution in [-0.2, 0) is 31.3 Å². The zero-order valence-electron chi connectivity index (χ0n) is 84.0. The normalized spacial score (nSPS) is 19.4. The fraction of sp³-hybridized carbons (Fsp3) is 0.457. The monoisotopic (exact) mass is 2010 g/mol. The third-order valence-corrected chi connectivity index (χ3v) is 29.7. The molecule has 0 radical (unpaired) electrons. The van der Waals surface area contributed by atoms with Crippen molar-refractivity contribution < 1.29 is 49.7 Å². The molecule has 15 aromatic heterocycles. The molecule has 770 valence electrons. The van der Waals surface area contributed by atoms with Crippen molar-refractivity contribution in [3.05, 3.63) is 174 Å². The molecule has 0 unspecified atom stereocenters. The number of nitrogens with one attached hydrogen (secondary N) is 8. The van der Waals surface area contributed by atoms with Crippen LogP contribution in [0.3, 0.4) is 0 Å². The minimum atomic E-state index is -4.64. The first-order chi connectivity index (χ1) is 71.2. The summed E-state index contributed by atoms with van der Waals surface area (Å²) in [5.41, 5.74) is 13.0. The number of aromatic amines is 4. The Kier molecular flexibility index (Phi) is 28.6. The molecule has 23 heterocycles. The summed E-state index contributed by atoms with van der Waals surface area (Å²) in [6, 6.07) is 21.7. The molecule has 0 bridgehead atoms. The number of fused-ring (bicyclic) bond motifs is 4. The summed E-state index contributed by atoms with van der Waals surface area (Å²) in [5.74, 6) is 3.79. The van der Waals surface area contributed by atoms with E-state index >= 15 is 4.39 Å². The number of halogens is 7. The molecule has 8 saturated heterocycles. The Balaban J connectivity index is 0.000000115. The Morgan fingerprint density at radius 1 is 0.354 bits per heavy atom. The fourth-order valence-electron chi connectivity index (χ4n) is 22.1. The number of morpholine rings is 4. The number of rotatable bonds is 16. The summed E-state index contributed by atoms with van der Waals surface area (Å²) >= 11 is 0. The molecule has 24 rings (SSSR count). The summed E-state index contributed by atoms with van der Waals surface area (Å²) in [6.07, 6.45) is 14.0. The number of aryl methyl sites for hydroxylation is 2. The standard InChI is InChI=1S/C27H30F3N7O.C26H29F3N8O.C26H31FN8O.C26H32N8O/c1-16-15-38-13-12-36(16)23-14-22(33-26(34-23)20-4-3-5-21-19(20)8-11-32-21)24-17(2)37(18-6-9-31-10-7-18)35-25(24)27(28,29)30;1-15-14-38-10-9-36(15)22-11-20(33-25(34-22)19-12-31-13-21-18(19)5-8-32-21)23-16(2)37(17-3-6-30-7-4-17)35-24(23)26(27,28)29;1-15-14-36-13-12-34(15)26-22(27)23(21-16(2)33-35(17(21)3)18-4-8-28-9-5-18)31-25(32-26)20-7-11-30-24-19(20)6-10-29-24;1-16-15-35-11-10-33(16)24-12-22(25-17(2)32-34(18(25)3)19-4-7-27-8-5-19)30-26(31-24)21-13-28-14-23-20(21)6-9-29-23/h3-5,8,11,14,16,18,31-32H,6-7,9-10,12-13,15H2,1-2H3;5,8,11-13,15,17,30,32H,3-4,6-7,9-10,14H2,1-2H3;6-7,10-11,15,18,28H,4-5,8-9,12-14H2,1-3H3,(H,29,30);6,9,12-14,16,19,27,29H,4-5,7-8,10-11,15H2,1-3H3/t16-;2*15-;16-/m1111/s1. The molecule has 8 N–H and O–H groups in total. The predicted molar refractivity (Wildman–Crippen MR) is 549 cm³/mol. The Morgan fingerprint density at radius 2 is 0.707 bits per heavy atom. The molecule has 42 heteroatoms. The maximum atomic E-state index is 16.4. The average Bonchev–Trinajstić information content (AvgIpc) is 1.69. The molecule has 8 fully saturated rings. The van der Waals surface area contributed by atoms with Gasteiger partial charge >= 0.3 is 12.4 Å². The lowest BCUT2D eigenvalue weighted by Crippen LogP contribution is -2.44. The smallest absolute Gasteiger partial charge is 0.377 e.